The van der Waals surface area contributed by atoms with Crippen LogP contribution in [0.15, 0.2) is 0 Å². The SMILES string of the molecule is O=C(NC1CCCCC1)N1CCN(C(=O)C2CCCN(C(=O)C3CC3)C2)CC1. The molecule has 156 valence electrons. The van der Waals surface area contributed by atoms with E-state index in [9.17, 15) is 14.4 Å². The summed E-state index contributed by atoms with van der Waals surface area (Å²) < 4.78 is 0. The largest absolute Gasteiger partial charge is 0.342 e. The van der Waals surface area contributed by atoms with Gasteiger partial charge in [-0.05, 0) is 38.5 Å². The average Bonchev–Trinajstić information content (AvgIpc) is 3.59. The van der Waals surface area contributed by atoms with Crippen LogP contribution in [0, 0.1) is 11.8 Å². The van der Waals surface area contributed by atoms with Crippen LogP contribution in [0.5, 0.6) is 0 Å². The summed E-state index contributed by atoms with van der Waals surface area (Å²) in [7, 11) is 0. The molecule has 2 saturated heterocycles. The molecule has 1 atom stereocenters. The highest BCUT2D eigenvalue weighted by atomic mass is 16.2. The Morgan fingerprint density at radius 2 is 1.25 bits per heavy atom. The number of hydrogen-bond donors (Lipinski definition) is 1. The maximum atomic E-state index is 13.0. The third-order valence-electron chi connectivity index (χ3n) is 6.82. The summed E-state index contributed by atoms with van der Waals surface area (Å²) in [6.07, 6.45) is 9.66. The van der Waals surface area contributed by atoms with E-state index in [1.165, 1.54) is 19.3 Å². The van der Waals surface area contributed by atoms with Gasteiger partial charge in [-0.3, -0.25) is 9.59 Å². The predicted octanol–water partition coefficient (Wildman–Crippen LogP) is 1.82. The first-order valence-electron chi connectivity index (χ1n) is 11.2. The lowest BCUT2D eigenvalue weighted by Crippen LogP contribution is -2.56. The van der Waals surface area contributed by atoms with Gasteiger partial charge in [0.2, 0.25) is 11.8 Å². The fourth-order valence-electron chi connectivity index (χ4n) is 4.87. The molecule has 2 saturated carbocycles. The Morgan fingerprint density at radius 1 is 0.607 bits per heavy atom. The predicted molar refractivity (Wildman–Crippen MR) is 106 cm³/mol. The number of nitrogens with one attached hydrogen (secondary N) is 1. The van der Waals surface area contributed by atoms with Gasteiger partial charge in [-0.1, -0.05) is 19.3 Å². The Labute approximate surface area is 167 Å². The van der Waals surface area contributed by atoms with Crippen LogP contribution in [0.2, 0.25) is 0 Å². The first kappa shape index (κ1) is 19.5. The van der Waals surface area contributed by atoms with Gasteiger partial charge in [0.25, 0.3) is 0 Å². The molecule has 2 heterocycles. The van der Waals surface area contributed by atoms with Gasteiger partial charge in [-0.2, -0.15) is 0 Å². The molecular formula is C21H34N4O3. The second-order valence-corrected chi connectivity index (χ2v) is 8.99. The first-order chi connectivity index (χ1) is 13.6. The Kier molecular flexibility index (Phi) is 6.07. The normalized spacial score (nSPS) is 26.9. The zero-order valence-electron chi connectivity index (χ0n) is 16.9. The number of carbonyl (C=O) groups is 3. The molecule has 4 amide bonds. The van der Waals surface area contributed by atoms with Crippen LogP contribution >= 0.6 is 0 Å². The standard InChI is InChI=1S/C21H34N4O3/c26-19(16-8-9-16)25-10-4-5-17(15-25)20(27)23-11-13-24(14-12-23)21(28)22-18-6-2-1-3-7-18/h16-18H,1-15H2,(H,22,28). The van der Waals surface area contributed by atoms with Gasteiger partial charge < -0.3 is 20.0 Å². The van der Waals surface area contributed by atoms with E-state index in [1.807, 2.05) is 14.7 Å². The molecule has 2 aliphatic carbocycles. The molecule has 0 spiro atoms. The van der Waals surface area contributed by atoms with Crippen molar-refractivity contribution >= 4 is 17.8 Å². The monoisotopic (exact) mass is 390 g/mol. The molecule has 0 aromatic carbocycles. The number of hydrogen-bond acceptors (Lipinski definition) is 3. The minimum absolute atomic E-state index is 0.0258. The van der Waals surface area contributed by atoms with Crippen molar-refractivity contribution in [2.45, 2.75) is 63.8 Å². The minimum Gasteiger partial charge on any atom is -0.342 e. The van der Waals surface area contributed by atoms with Crippen LogP contribution in [0.4, 0.5) is 4.79 Å². The van der Waals surface area contributed by atoms with Gasteiger partial charge >= 0.3 is 6.03 Å². The van der Waals surface area contributed by atoms with E-state index < -0.39 is 0 Å². The summed E-state index contributed by atoms with van der Waals surface area (Å²) in [5.41, 5.74) is 0. The second kappa shape index (κ2) is 8.70. The van der Waals surface area contributed by atoms with Crippen molar-refractivity contribution in [3.8, 4) is 0 Å². The molecule has 2 aliphatic heterocycles. The summed E-state index contributed by atoms with van der Waals surface area (Å²) in [5, 5.41) is 3.17. The van der Waals surface area contributed by atoms with E-state index in [0.717, 1.165) is 45.1 Å². The van der Waals surface area contributed by atoms with Crippen LogP contribution in [-0.2, 0) is 9.59 Å². The van der Waals surface area contributed by atoms with Crippen molar-refractivity contribution in [3.63, 3.8) is 0 Å². The topological polar surface area (TPSA) is 73.0 Å². The molecule has 7 nitrogen and oxygen atoms in total. The number of rotatable bonds is 3. The highest BCUT2D eigenvalue weighted by molar-refractivity contribution is 5.84. The number of amides is 4. The fourth-order valence-corrected chi connectivity index (χ4v) is 4.87. The van der Waals surface area contributed by atoms with Crippen molar-refractivity contribution < 1.29 is 14.4 Å². The Bertz CT molecular complexity index is 592. The number of likely N-dealkylation sites (tertiary alicyclic amines) is 1. The lowest BCUT2D eigenvalue weighted by Gasteiger charge is -2.39. The molecule has 4 aliphatic rings. The summed E-state index contributed by atoms with van der Waals surface area (Å²) in [5.74, 6) is 0.571. The van der Waals surface area contributed by atoms with Crippen LogP contribution in [0.3, 0.4) is 0 Å². The Balaban J connectivity index is 1.23. The average molecular weight is 391 g/mol. The third-order valence-corrected chi connectivity index (χ3v) is 6.82. The zero-order chi connectivity index (χ0) is 19.5. The summed E-state index contributed by atoms with van der Waals surface area (Å²) in [6.45, 7) is 3.78. The first-order valence-corrected chi connectivity index (χ1v) is 11.2. The summed E-state index contributed by atoms with van der Waals surface area (Å²) in [6, 6.07) is 0.344. The molecule has 1 unspecified atom stereocenters. The highest BCUT2D eigenvalue weighted by Crippen LogP contribution is 2.32. The second-order valence-electron chi connectivity index (χ2n) is 8.99. The van der Waals surface area contributed by atoms with Gasteiger partial charge in [0.1, 0.15) is 0 Å². The van der Waals surface area contributed by atoms with Crippen LogP contribution in [-0.4, -0.2) is 77.9 Å². The quantitative estimate of drug-likeness (QED) is 0.799. The molecule has 7 heteroatoms. The maximum absolute atomic E-state index is 13.0. The van der Waals surface area contributed by atoms with Gasteiger partial charge in [0, 0.05) is 51.2 Å². The smallest absolute Gasteiger partial charge is 0.317 e. The third kappa shape index (κ3) is 4.61. The Morgan fingerprint density at radius 3 is 1.93 bits per heavy atom. The van der Waals surface area contributed by atoms with Crippen LogP contribution in [0.1, 0.15) is 57.8 Å². The molecule has 1 N–H and O–H groups in total. The lowest BCUT2D eigenvalue weighted by atomic mass is 9.95. The van der Waals surface area contributed by atoms with E-state index in [-0.39, 0.29) is 29.7 Å². The zero-order valence-corrected chi connectivity index (χ0v) is 16.9. The maximum Gasteiger partial charge on any atom is 0.317 e. The summed E-state index contributed by atoms with van der Waals surface area (Å²) in [4.78, 5) is 43.5. The van der Waals surface area contributed by atoms with E-state index in [4.69, 9.17) is 0 Å². The molecule has 28 heavy (non-hydrogen) atoms. The van der Waals surface area contributed by atoms with Crippen molar-refractivity contribution in [2.24, 2.45) is 11.8 Å². The van der Waals surface area contributed by atoms with Crippen LogP contribution in [0.25, 0.3) is 0 Å². The van der Waals surface area contributed by atoms with E-state index >= 15 is 0 Å². The van der Waals surface area contributed by atoms with Gasteiger partial charge in [0.05, 0.1) is 5.92 Å². The molecule has 0 radical (unpaired) electrons. The van der Waals surface area contributed by atoms with E-state index in [1.54, 1.807) is 0 Å². The van der Waals surface area contributed by atoms with Gasteiger partial charge in [-0.15, -0.1) is 0 Å². The molecule has 0 aromatic rings. The van der Waals surface area contributed by atoms with Crippen molar-refractivity contribution in [1.29, 1.82) is 0 Å². The summed E-state index contributed by atoms with van der Waals surface area (Å²) >= 11 is 0. The highest BCUT2D eigenvalue weighted by Gasteiger charge is 2.38. The number of piperidine rings is 1. The van der Waals surface area contributed by atoms with Gasteiger partial charge in [0.15, 0.2) is 0 Å². The van der Waals surface area contributed by atoms with Crippen LogP contribution < -0.4 is 5.32 Å². The molecule has 4 rings (SSSR count). The molecule has 0 aromatic heterocycles. The lowest BCUT2D eigenvalue weighted by molar-refractivity contribution is -0.142. The van der Waals surface area contributed by atoms with Gasteiger partial charge in [-0.25, -0.2) is 4.79 Å². The number of piperazine rings is 1. The molecular weight excluding hydrogens is 356 g/mol. The number of nitrogens with zero attached hydrogens (tertiary/aromatic N) is 3. The van der Waals surface area contributed by atoms with Crippen molar-refractivity contribution in [1.82, 2.24) is 20.0 Å². The van der Waals surface area contributed by atoms with Crippen molar-refractivity contribution in [3.05, 3.63) is 0 Å². The molecule has 4 fully saturated rings. The number of carbonyl (C=O) groups excluding carboxylic acids is 3. The Hall–Kier alpha value is -1.79. The minimum atomic E-state index is -0.0703. The van der Waals surface area contributed by atoms with Crippen molar-refractivity contribution in [2.75, 3.05) is 39.3 Å². The van der Waals surface area contributed by atoms with E-state index in [2.05, 4.69) is 5.32 Å². The fraction of sp³-hybridized carbons (Fsp3) is 0.857. The van der Waals surface area contributed by atoms with E-state index in [0.29, 0.717) is 38.8 Å². The molecule has 0 bridgehead atoms. The number of urea groups is 1.